The van der Waals surface area contributed by atoms with Crippen LogP contribution in [-0.2, 0) is 0 Å². The highest BCUT2D eigenvalue weighted by atomic mass is 35.5. The van der Waals surface area contributed by atoms with E-state index in [2.05, 4.69) is 4.98 Å². The van der Waals surface area contributed by atoms with Gasteiger partial charge in [0.25, 0.3) is 0 Å². The van der Waals surface area contributed by atoms with E-state index in [1.807, 2.05) is 0 Å². The van der Waals surface area contributed by atoms with Crippen LogP contribution in [-0.4, -0.2) is 10.8 Å². The van der Waals surface area contributed by atoms with Gasteiger partial charge in [0.05, 0.1) is 10.6 Å². The number of ether oxygens (including phenoxy) is 1. The molecule has 2 rings (SSSR count). The molecule has 0 atom stereocenters. The fraction of sp³-hybridized carbons (Fsp3) is 0. The Kier molecular flexibility index (Phi) is 3.43. The minimum Gasteiger partial charge on any atom is -0.437 e. The highest BCUT2D eigenvalue weighted by Gasteiger charge is 2.11. The van der Waals surface area contributed by atoms with Crippen LogP contribution in [0.15, 0.2) is 36.5 Å². The lowest BCUT2D eigenvalue weighted by Crippen LogP contribution is -2.12. The summed E-state index contributed by atoms with van der Waals surface area (Å²) in [5.74, 6) is -0.228. The first-order chi connectivity index (χ1) is 8.58. The van der Waals surface area contributed by atoms with Gasteiger partial charge in [-0.05, 0) is 30.3 Å². The number of nitrogen functional groups attached to an aromatic ring is 1. The summed E-state index contributed by atoms with van der Waals surface area (Å²) in [6, 6.07) is 6.97. The number of aromatic nitrogens is 1. The summed E-state index contributed by atoms with van der Waals surface area (Å²) in [7, 11) is 0. The number of nitrogens with one attached hydrogen (secondary N) is 1. The molecule has 2 aromatic rings. The van der Waals surface area contributed by atoms with Crippen LogP contribution in [0, 0.1) is 11.2 Å². The maximum atomic E-state index is 12.9. The third-order valence-electron chi connectivity index (χ3n) is 2.16. The Morgan fingerprint density at radius 3 is 2.83 bits per heavy atom. The van der Waals surface area contributed by atoms with E-state index in [0.717, 1.165) is 6.07 Å². The van der Waals surface area contributed by atoms with Crippen LogP contribution in [0.5, 0.6) is 11.6 Å². The average molecular weight is 266 g/mol. The van der Waals surface area contributed by atoms with Crippen LogP contribution in [0.1, 0.15) is 5.56 Å². The van der Waals surface area contributed by atoms with Gasteiger partial charge in [0.1, 0.15) is 17.4 Å². The van der Waals surface area contributed by atoms with Gasteiger partial charge in [0.15, 0.2) is 0 Å². The highest BCUT2D eigenvalue weighted by molar-refractivity contribution is 6.32. The third kappa shape index (κ3) is 2.57. The van der Waals surface area contributed by atoms with Crippen molar-refractivity contribution in [3.8, 4) is 11.6 Å². The molecule has 0 spiro atoms. The molecule has 6 heteroatoms. The molecular weight excluding hydrogens is 257 g/mol. The molecule has 0 radical (unpaired) electrons. The molecule has 18 heavy (non-hydrogen) atoms. The summed E-state index contributed by atoms with van der Waals surface area (Å²) < 4.78 is 18.3. The number of nitrogens with two attached hydrogens (primary N) is 1. The molecule has 0 amide bonds. The van der Waals surface area contributed by atoms with E-state index in [0.29, 0.717) is 5.56 Å². The van der Waals surface area contributed by atoms with Crippen molar-refractivity contribution in [2.24, 2.45) is 5.73 Å². The molecule has 0 bridgehead atoms. The monoisotopic (exact) mass is 265 g/mol. The van der Waals surface area contributed by atoms with E-state index in [-0.39, 0.29) is 22.5 Å². The summed E-state index contributed by atoms with van der Waals surface area (Å²) in [6.45, 7) is 0. The van der Waals surface area contributed by atoms with E-state index in [4.69, 9.17) is 27.5 Å². The van der Waals surface area contributed by atoms with Crippen LogP contribution >= 0.6 is 11.6 Å². The van der Waals surface area contributed by atoms with E-state index < -0.39 is 5.82 Å². The summed E-state index contributed by atoms with van der Waals surface area (Å²) in [6.07, 6.45) is 1.50. The minimum absolute atomic E-state index is 0.121. The van der Waals surface area contributed by atoms with E-state index in [1.54, 1.807) is 12.1 Å². The van der Waals surface area contributed by atoms with Crippen LogP contribution in [0.4, 0.5) is 4.39 Å². The van der Waals surface area contributed by atoms with Gasteiger partial charge in [-0.15, -0.1) is 0 Å². The predicted octanol–water partition coefficient (Wildman–Crippen LogP) is 2.95. The van der Waals surface area contributed by atoms with Gasteiger partial charge in [-0.3, -0.25) is 5.41 Å². The maximum Gasteiger partial charge on any atom is 0.230 e. The Morgan fingerprint density at radius 2 is 2.17 bits per heavy atom. The zero-order valence-electron chi connectivity index (χ0n) is 9.15. The first-order valence-electron chi connectivity index (χ1n) is 5.00. The SMILES string of the molecule is N=C(N)c1cccnc1Oc1ccc(F)cc1Cl. The van der Waals surface area contributed by atoms with Gasteiger partial charge in [0.2, 0.25) is 5.88 Å². The molecule has 92 valence electrons. The van der Waals surface area contributed by atoms with Gasteiger partial charge < -0.3 is 10.5 Å². The summed E-state index contributed by atoms with van der Waals surface area (Å²) in [4.78, 5) is 3.96. The Labute approximate surface area is 108 Å². The molecule has 4 nitrogen and oxygen atoms in total. The number of hydrogen-bond acceptors (Lipinski definition) is 3. The lowest BCUT2D eigenvalue weighted by molar-refractivity contribution is 0.460. The third-order valence-corrected chi connectivity index (χ3v) is 2.46. The molecule has 0 aliphatic rings. The second-order valence-corrected chi connectivity index (χ2v) is 3.85. The second kappa shape index (κ2) is 5.01. The predicted molar refractivity (Wildman–Crippen MR) is 66.7 cm³/mol. The van der Waals surface area contributed by atoms with Crippen molar-refractivity contribution in [2.45, 2.75) is 0 Å². The van der Waals surface area contributed by atoms with Crippen molar-refractivity contribution in [1.29, 1.82) is 5.41 Å². The van der Waals surface area contributed by atoms with E-state index in [9.17, 15) is 4.39 Å². The molecule has 0 aliphatic heterocycles. The Hall–Kier alpha value is -2.14. The summed E-state index contributed by atoms with van der Waals surface area (Å²) in [5, 5.41) is 7.52. The van der Waals surface area contributed by atoms with E-state index >= 15 is 0 Å². The van der Waals surface area contributed by atoms with Crippen molar-refractivity contribution in [3.05, 3.63) is 52.9 Å². The molecule has 0 unspecified atom stereocenters. The van der Waals surface area contributed by atoms with Crippen molar-refractivity contribution < 1.29 is 9.13 Å². The normalized spacial score (nSPS) is 10.1. The Morgan fingerprint density at radius 1 is 1.39 bits per heavy atom. The van der Waals surface area contributed by atoms with Crippen LogP contribution in [0.25, 0.3) is 0 Å². The van der Waals surface area contributed by atoms with Crippen molar-refractivity contribution >= 4 is 17.4 Å². The van der Waals surface area contributed by atoms with Crippen LogP contribution < -0.4 is 10.5 Å². The largest absolute Gasteiger partial charge is 0.437 e. The number of pyridine rings is 1. The molecule has 0 saturated heterocycles. The summed E-state index contributed by atoms with van der Waals surface area (Å²) >= 11 is 5.83. The quantitative estimate of drug-likeness (QED) is 0.662. The molecule has 3 N–H and O–H groups in total. The van der Waals surface area contributed by atoms with Crippen molar-refractivity contribution in [2.75, 3.05) is 0 Å². The minimum atomic E-state index is -0.458. The van der Waals surface area contributed by atoms with Gasteiger partial charge >= 0.3 is 0 Å². The van der Waals surface area contributed by atoms with Gasteiger partial charge in [-0.25, -0.2) is 9.37 Å². The molecule has 1 aromatic heterocycles. The standard InChI is InChI=1S/C12H9ClFN3O/c13-9-6-7(14)3-4-10(9)18-12-8(11(15)16)2-1-5-17-12/h1-6H,(H3,15,16). The molecule has 0 saturated carbocycles. The zero-order valence-corrected chi connectivity index (χ0v) is 9.91. The molecule has 1 aromatic carbocycles. The van der Waals surface area contributed by atoms with Crippen LogP contribution in [0.2, 0.25) is 5.02 Å². The number of benzene rings is 1. The van der Waals surface area contributed by atoms with Gasteiger partial charge in [0, 0.05) is 6.20 Å². The topological polar surface area (TPSA) is 72.0 Å². The summed E-state index contributed by atoms with van der Waals surface area (Å²) in [5.41, 5.74) is 5.75. The number of nitrogens with zero attached hydrogens (tertiary/aromatic N) is 1. The maximum absolute atomic E-state index is 12.9. The lowest BCUT2D eigenvalue weighted by Gasteiger charge is -2.09. The number of halogens is 2. The first kappa shape index (κ1) is 12.3. The second-order valence-electron chi connectivity index (χ2n) is 3.45. The average Bonchev–Trinajstić information content (AvgIpc) is 2.33. The molecule has 0 aliphatic carbocycles. The number of hydrogen-bond donors (Lipinski definition) is 2. The first-order valence-corrected chi connectivity index (χ1v) is 5.38. The number of rotatable bonds is 3. The zero-order chi connectivity index (χ0) is 13.1. The lowest BCUT2D eigenvalue weighted by atomic mass is 10.2. The fourth-order valence-corrected chi connectivity index (χ4v) is 1.55. The Balaban J connectivity index is 2.37. The molecular formula is C12H9ClFN3O. The van der Waals surface area contributed by atoms with E-state index in [1.165, 1.54) is 18.3 Å². The fourth-order valence-electron chi connectivity index (χ4n) is 1.34. The van der Waals surface area contributed by atoms with Gasteiger partial charge in [-0.2, -0.15) is 0 Å². The van der Waals surface area contributed by atoms with Gasteiger partial charge in [-0.1, -0.05) is 11.6 Å². The smallest absolute Gasteiger partial charge is 0.230 e. The molecule has 1 heterocycles. The van der Waals surface area contributed by atoms with Crippen LogP contribution in [0.3, 0.4) is 0 Å². The Bertz CT molecular complexity index is 604. The number of amidine groups is 1. The molecule has 0 fully saturated rings. The van der Waals surface area contributed by atoms with Crippen molar-refractivity contribution in [1.82, 2.24) is 4.98 Å². The highest BCUT2D eigenvalue weighted by Crippen LogP contribution is 2.30. The van der Waals surface area contributed by atoms with Crippen molar-refractivity contribution in [3.63, 3.8) is 0 Å².